The lowest BCUT2D eigenvalue weighted by Crippen LogP contribution is -2.52. The molecule has 0 aliphatic heterocycles. The first-order valence-electron chi connectivity index (χ1n) is 4.98. The molecule has 0 aromatic carbocycles. The summed E-state index contributed by atoms with van der Waals surface area (Å²) in [5.41, 5.74) is -1.17. The third-order valence-corrected chi connectivity index (χ3v) is 3.64. The highest BCUT2D eigenvalue weighted by Gasteiger charge is 2.28. The van der Waals surface area contributed by atoms with Crippen molar-refractivity contribution in [3.8, 4) is 0 Å². The van der Waals surface area contributed by atoms with Crippen molar-refractivity contribution in [1.82, 2.24) is 4.72 Å². The SMILES string of the molecule is CC(C)CCS(=O)(=O)NC(C)(CO)CO. The molecule has 0 rings (SSSR count). The van der Waals surface area contributed by atoms with Crippen LogP contribution in [0, 0.1) is 5.92 Å². The molecule has 0 heterocycles. The van der Waals surface area contributed by atoms with Gasteiger partial charge < -0.3 is 10.2 Å². The molecule has 0 aliphatic carbocycles. The maximum absolute atomic E-state index is 11.5. The molecular weight excluding hydrogens is 218 g/mol. The van der Waals surface area contributed by atoms with Crippen molar-refractivity contribution in [3.05, 3.63) is 0 Å². The second kappa shape index (κ2) is 5.79. The molecule has 0 aromatic heterocycles. The van der Waals surface area contributed by atoms with Crippen molar-refractivity contribution in [2.24, 2.45) is 5.92 Å². The summed E-state index contributed by atoms with van der Waals surface area (Å²) in [4.78, 5) is 0. The zero-order valence-electron chi connectivity index (χ0n) is 9.52. The van der Waals surface area contributed by atoms with Crippen molar-refractivity contribution in [2.75, 3.05) is 19.0 Å². The van der Waals surface area contributed by atoms with Gasteiger partial charge in [0.2, 0.25) is 10.0 Å². The predicted octanol–water partition coefficient (Wildman–Crippen LogP) is -0.305. The fraction of sp³-hybridized carbons (Fsp3) is 1.00. The number of rotatable bonds is 7. The first-order valence-corrected chi connectivity index (χ1v) is 6.63. The van der Waals surface area contributed by atoms with Crippen molar-refractivity contribution < 1.29 is 18.6 Å². The molecule has 0 atom stereocenters. The molecule has 15 heavy (non-hydrogen) atoms. The van der Waals surface area contributed by atoms with Crippen LogP contribution in [0.4, 0.5) is 0 Å². The highest BCUT2D eigenvalue weighted by molar-refractivity contribution is 7.89. The lowest BCUT2D eigenvalue weighted by molar-refractivity contribution is 0.121. The quantitative estimate of drug-likeness (QED) is 0.569. The van der Waals surface area contributed by atoms with E-state index in [9.17, 15) is 8.42 Å². The Morgan fingerprint density at radius 3 is 2.07 bits per heavy atom. The van der Waals surface area contributed by atoms with Gasteiger partial charge in [-0.1, -0.05) is 13.8 Å². The van der Waals surface area contributed by atoms with Gasteiger partial charge in [-0.05, 0) is 19.3 Å². The lowest BCUT2D eigenvalue weighted by Gasteiger charge is -2.25. The first kappa shape index (κ1) is 14.8. The summed E-state index contributed by atoms with van der Waals surface area (Å²) in [6, 6.07) is 0. The Labute approximate surface area is 91.6 Å². The fourth-order valence-corrected chi connectivity index (χ4v) is 2.70. The Hall–Kier alpha value is -0.170. The van der Waals surface area contributed by atoms with Gasteiger partial charge in [0, 0.05) is 0 Å². The Kier molecular flexibility index (Phi) is 5.72. The second-order valence-electron chi connectivity index (χ2n) is 4.48. The van der Waals surface area contributed by atoms with Crippen LogP contribution in [0.5, 0.6) is 0 Å². The molecule has 0 aliphatic rings. The number of aliphatic hydroxyl groups excluding tert-OH is 2. The first-order chi connectivity index (χ1) is 6.74. The van der Waals surface area contributed by atoms with E-state index in [0.717, 1.165) is 0 Å². The van der Waals surface area contributed by atoms with Crippen LogP contribution in [0.15, 0.2) is 0 Å². The maximum atomic E-state index is 11.5. The topological polar surface area (TPSA) is 86.6 Å². The molecule has 0 spiro atoms. The maximum Gasteiger partial charge on any atom is 0.212 e. The van der Waals surface area contributed by atoms with E-state index in [-0.39, 0.29) is 5.75 Å². The third-order valence-electron chi connectivity index (χ3n) is 2.06. The van der Waals surface area contributed by atoms with E-state index < -0.39 is 28.8 Å². The highest BCUT2D eigenvalue weighted by Crippen LogP contribution is 2.07. The smallest absolute Gasteiger partial charge is 0.212 e. The zero-order valence-corrected chi connectivity index (χ0v) is 10.3. The van der Waals surface area contributed by atoms with Crippen LogP contribution in [0.3, 0.4) is 0 Å². The van der Waals surface area contributed by atoms with Crippen molar-refractivity contribution in [3.63, 3.8) is 0 Å². The van der Waals surface area contributed by atoms with Gasteiger partial charge in [0.1, 0.15) is 0 Å². The Morgan fingerprint density at radius 2 is 1.73 bits per heavy atom. The van der Waals surface area contributed by atoms with E-state index >= 15 is 0 Å². The average Bonchev–Trinajstić information content (AvgIpc) is 2.14. The minimum atomic E-state index is -3.43. The molecular formula is C9H21NO4S. The van der Waals surface area contributed by atoms with Crippen LogP contribution in [-0.2, 0) is 10.0 Å². The van der Waals surface area contributed by atoms with Crippen LogP contribution in [0.2, 0.25) is 0 Å². The minimum Gasteiger partial charge on any atom is -0.394 e. The van der Waals surface area contributed by atoms with Gasteiger partial charge in [-0.15, -0.1) is 0 Å². The molecule has 0 unspecified atom stereocenters. The van der Waals surface area contributed by atoms with E-state index in [1.165, 1.54) is 6.92 Å². The average molecular weight is 239 g/mol. The molecule has 0 saturated carbocycles. The molecule has 6 heteroatoms. The van der Waals surface area contributed by atoms with Crippen LogP contribution < -0.4 is 4.72 Å². The van der Waals surface area contributed by atoms with E-state index in [0.29, 0.717) is 12.3 Å². The molecule has 0 amide bonds. The summed E-state index contributed by atoms with van der Waals surface area (Å²) in [5, 5.41) is 17.9. The molecule has 92 valence electrons. The summed E-state index contributed by atoms with van der Waals surface area (Å²) < 4.78 is 25.4. The number of aliphatic hydroxyl groups is 2. The Balaban J connectivity index is 4.37. The van der Waals surface area contributed by atoms with Crippen molar-refractivity contribution in [2.45, 2.75) is 32.7 Å². The Morgan fingerprint density at radius 1 is 1.27 bits per heavy atom. The summed E-state index contributed by atoms with van der Waals surface area (Å²) >= 11 is 0. The fourth-order valence-electron chi connectivity index (χ4n) is 0.932. The van der Waals surface area contributed by atoms with Crippen LogP contribution in [0.1, 0.15) is 27.2 Å². The second-order valence-corrected chi connectivity index (χ2v) is 6.32. The summed E-state index contributed by atoms with van der Waals surface area (Å²) in [6.45, 7) is 4.48. The van der Waals surface area contributed by atoms with Crippen LogP contribution in [0.25, 0.3) is 0 Å². The standard InChI is InChI=1S/C9H21NO4S/c1-8(2)4-5-15(13,14)10-9(3,6-11)7-12/h8,10-12H,4-7H2,1-3H3. The van der Waals surface area contributed by atoms with Gasteiger partial charge in [0.15, 0.2) is 0 Å². The van der Waals surface area contributed by atoms with Crippen LogP contribution >= 0.6 is 0 Å². The van der Waals surface area contributed by atoms with E-state index in [1.54, 1.807) is 0 Å². The van der Waals surface area contributed by atoms with Gasteiger partial charge in [-0.2, -0.15) is 0 Å². The number of sulfonamides is 1. The molecule has 5 nitrogen and oxygen atoms in total. The van der Waals surface area contributed by atoms with E-state index in [1.807, 2.05) is 13.8 Å². The number of nitrogens with one attached hydrogen (secondary N) is 1. The van der Waals surface area contributed by atoms with E-state index in [2.05, 4.69) is 4.72 Å². The molecule has 3 N–H and O–H groups in total. The number of hydrogen-bond donors (Lipinski definition) is 3. The predicted molar refractivity (Wildman–Crippen MR) is 59.0 cm³/mol. The van der Waals surface area contributed by atoms with Gasteiger partial charge in [-0.3, -0.25) is 0 Å². The van der Waals surface area contributed by atoms with Crippen LogP contribution in [-0.4, -0.2) is 43.1 Å². The van der Waals surface area contributed by atoms with Crippen molar-refractivity contribution >= 4 is 10.0 Å². The Bertz CT molecular complexity index is 270. The lowest BCUT2D eigenvalue weighted by atomic mass is 10.1. The zero-order chi connectivity index (χ0) is 12.1. The molecule has 0 saturated heterocycles. The highest BCUT2D eigenvalue weighted by atomic mass is 32.2. The summed E-state index contributed by atoms with van der Waals surface area (Å²) in [6.07, 6.45) is 0.558. The molecule has 0 bridgehead atoms. The van der Waals surface area contributed by atoms with Gasteiger partial charge in [0.25, 0.3) is 0 Å². The normalized spacial score (nSPS) is 13.5. The number of hydrogen-bond acceptors (Lipinski definition) is 4. The third kappa shape index (κ3) is 6.09. The molecule has 0 radical (unpaired) electrons. The monoisotopic (exact) mass is 239 g/mol. The minimum absolute atomic E-state index is 0.0141. The van der Waals surface area contributed by atoms with Gasteiger partial charge in [0.05, 0.1) is 24.5 Å². The van der Waals surface area contributed by atoms with Gasteiger partial charge in [-0.25, -0.2) is 13.1 Å². The van der Waals surface area contributed by atoms with Crippen molar-refractivity contribution in [1.29, 1.82) is 0 Å². The largest absolute Gasteiger partial charge is 0.394 e. The molecule has 0 aromatic rings. The summed E-state index contributed by atoms with van der Waals surface area (Å²) in [5.74, 6) is 0.316. The van der Waals surface area contributed by atoms with Gasteiger partial charge >= 0.3 is 0 Å². The van der Waals surface area contributed by atoms with E-state index in [4.69, 9.17) is 10.2 Å². The summed E-state index contributed by atoms with van der Waals surface area (Å²) in [7, 11) is -3.43. The molecule has 0 fully saturated rings.